The van der Waals surface area contributed by atoms with E-state index in [0.717, 1.165) is 56.8 Å². The van der Waals surface area contributed by atoms with Crippen LogP contribution in [0, 0.1) is 34.5 Å². The lowest BCUT2D eigenvalue weighted by Crippen LogP contribution is -2.54. The molecule has 0 saturated heterocycles. The Balaban J connectivity index is 1.24. The Labute approximate surface area is 196 Å². The van der Waals surface area contributed by atoms with E-state index in [4.69, 9.17) is 4.74 Å². The lowest BCUT2D eigenvalue weighted by Gasteiger charge is -2.60. The molecule has 0 spiro atoms. The van der Waals surface area contributed by atoms with Crippen LogP contribution < -0.4 is 0 Å². The average Bonchev–Trinajstić information content (AvgIpc) is 3.08. The molecule has 0 aromatic carbocycles. The standard InChI is InChI=1S/C29H48O3/c1-4-5-6-7-8-9-10-11-27(31)32-22-16-18-28(2)21(20-22)12-13-23-24-14-15-26(30)29(24,3)19-17-25(23)28/h21-25H,4-20H2,1-3H3/t21-,22+,23-,24+,25-,28-,29-/m0/s1. The minimum Gasteiger partial charge on any atom is -0.462 e. The van der Waals surface area contributed by atoms with Gasteiger partial charge in [-0.2, -0.15) is 0 Å². The van der Waals surface area contributed by atoms with Crippen molar-refractivity contribution in [1.82, 2.24) is 0 Å². The Kier molecular flexibility index (Phi) is 7.72. The molecule has 3 nitrogen and oxygen atoms in total. The number of rotatable bonds is 9. The third-order valence-electron chi connectivity index (χ3n) is 10.6. The molecule has 32 heavy (non-hydrogen) atoms. The first-order valence-electron chi connectivity index (χ1n) is 14.1. The fraction of sp³-hybridized carbons (Fsp3) is 0.931. The molecular formula is C29H48O3. The largest absolute Gasteiger partial charge is 0.462 e. The summed E-state index contributed by atoms with van der Waals surface area (Å²) in [5, 5.41) is 0. The van der Waals surface area contributed by atoms with Crippen LogP contribution in [0.4, 0.5) is 0 Å². The molecule has 4 rings (SSSR count). The number of ketones is 1. The molecular weight excluding hydrogens is 396 g/mol. The third kappa shape index (κ3) is 4.69. The SMILES string of the molecule is CCCCCCCCCC(=O)O[C@@H]1CC[C@@]2(C)[C@@H](CC[C@H]3[C@H]4CCC(=O)[C@@]4(C)CC[C@@H]32)C1. The highest BCUT2D eigenvalue weighted by Gasteiger charge is 2.60. The van der Waals surface area contributed by atoms with E-state index in [-0.39, 0.29) is 17.5 Å². The Bertz CT molecular complexity index is 671. The third-order valence-corrected chi connectivity index (χ3v) is 10.6. The van der Waals surface area contributed by atoms with Crippen molar-refractivity contribution in [3.63, 3.8) is 0 Å². The first-order chi connectivity index (χ1) is 15.4. The van der Waals surface area contributed by atoms with Gasteiger partial charge >= 0.3 is 5.97 Å². The van der Waals surface area contributed by atoms with Gasteiger partial charge in [0.05, 0.1) is 0 Å². The Morgan fingerprint density at radius 1 is 0.906 bits per heavy atom. The van der Waals surface area contributed by atoms with Crippen LogP contribution in [-0.2, 0) is 14.3 Å². The van der Waals surface area contributed by atoms with Crippen LogP contribution in [0.25, 0.3) is 0 Å². The minimum atomic E-state index is -0.0207. The first kappa shape index (κ1) is 24.3. The lowest BCUT2D eigenvalue weighted by atomic mass is 9.45. The van der Waals surface area contributed by atoms with Gasteiger partial charge in [0.2, 0.25) is 0 Å². The predicted octanol–water partition coefficient (Wildman–Crippen LogP) is 7.65. The van der Waals surface area contributed by atoms with Crippen LogP contribution in [-0.4, -0.2) is 17.9 Å². The number of ether oxygens (including phenoxy) is 1. The molecule has 0 radical (unpaired) electrons. The van der Waals surface area contributed by atoms with E-state index < -0.39 is 0 Å². The Morgan fingerprint density at radius 3 is 2.44 bits per heavy atom. The maximum atomic E-state index is 12.6. The van der Waals surface area contributed by atoms with Gasteiger partial charge in [0, 0.05) is 18.3 Å². The van der Waals surface area contributed by atoms with Gasteiger partial charge in [-0.3, -0.25) is 9.59 Å². The van der Waals surface area contributed by atoms with E-state index in [2.05, 4.69) is 20.8 Å². The summed E-state index contributed by atoms with van der Waals surface area (Å²) < 4.78 is 5.98. The van der Waals surface area contributed by atoms with Crippen LogP contribution in [0.15, 0.2) is 0 Å². The van der Waals surface area contributed by atoms with Crippen molar-refractivity contribution in [2.24, 2.45) is 34.5 Å². The minimum absolute atomic E-state index is 0.0207. The predicted molar refractivity (Wildman–Crippen MR) is 129 cm³/mol. The van der Waals surface area contributed by atoms with Crippen LogP contribution >= 0.6 is 0 Å². The summed E-state index contributed by atoms with van der Waals surface area (Å²) in [6.45, 7) is 7.07. The molecule has 3 heteroatoms. The molecule has 182 valence electrons. The first-order valence-corrected chi connectivity index (χ1v) is 14.1. The van der Waals surface area contributed by atoms with Gasteiger partial charge in [-0.25, -0.2) is 0 Å². The van der Waals surface area contributed by atoms with Crippen LogP contribution in [0.2, 0.25) is 0 Å². The summed E-state index contributed by atoms with van der Waals surface area (Å²) in [7, 11) is 0. The van der Waals surface area contributed by atoms with Gasteiger partial charge in [-0.1, -0.05) is 59.3 Å². The number of hydrogen-bond acceptors (Lipinski definition) is 3. The Morgan fingerprint density at radius 2 is 1.66 bits per heavy atom. The highest BCUT2D eigenvalue weighted by Crippen LogP contribution is 2.65. The molecule has 4 saturated carbocycles. The highest BCUT2D eigenvalue weighted by atomic mass is 16.5. The number of carbonyl (C=O) groups is 2. The average molecular weight is 445 g/mol. The second kappa shape index (κ2) is 10.2. The van der Waals surface area contributed by atoms with Crippen molar-refractivity contribution in [3.8, 4) is 0 Å². The fourth-order valence-corrected chi connectivity index (χ4v) is 8.57. The van der Waals surface area contributed by atoms with Crippen LogP contribution in [0.5, 0.6) is 0 Å². The zero-order valence-corrected chi connectivity index (χ0v) is 21.1. The zero-order valence-electron chi connectivity index (χ0n) is 21.1. The molecule has 0 aromatic heterocycles. The Hall–Kier alpha value is -0.860. The monoisotopic (exact) mass is 444 g/mol. The number of fused-ring (bicyclic) bond motifs is 5. The molecule has 0 N–H and O–H groups in total. The maximum absolute atomic E-state index is 12.6. The van der Waals surface area contributed by atoms with Gasteiger partial charge in [0.15, 0.2) is 0 Å². The van der Waals surface area contributed by atoms with Gasteiger partial charge in [0.25, 0.3) is 0 Å². The number of hydrogen-bond donors (Lipinski definition) is 0. The van der Waals surface area contributed by atoms with Crippen molar-refractivity contribution in [2.75, 3.05) is 0 Å². The number of unbranched alkanes of at least 4 members (excludes halogenated alkanes) is 6. The number of Topliss-reactive ketones (excluding diaryl/α,β-unsaturated/α-hetero) is 1. The molecule has 0 aliphatic heterocycles. The summed E-state index contributed by atoms with van der Waals surface area (Å²) >= 11 is 0. The van der Waals surface area contributed by atoms with E-state index in [9.17, 15) is 9.59 Å². The molecule has 0 unspecified atom stereocenters. The van der Waals surface area contributed by atoms with E-state index in [1.165, 1.54) is 57.8 Å². The van der Waals surface area contributed by atoms with Gasteiger partial charge in [-0.05, 0) is 86.9 Å². The van der Waals surface area contributed by atoms with Crippen LogP contribution in [0.3, 0.4) is 0 Å². The molecule has 0 heterocycles. The van der Waals surface area contributed by atoms with Crippen LogP contribution in [0.1, 0.15) is 130 Å². The topological polar surface area (TPSA) is 43.4 Å². The summed E-state index contributed by atoms with van der Waals surface area (Å²) in [5.41, 5.74) is 0.365. The van der Waals surface area contributed by atoms with Crippen molar-refractivity contribution in [2.45, 2.75) is 136 Å². The summed E-state index contributed by atoms with van der Waals surface area (Å²) in [5.74, 6) is 3.43. The summed E-state index contributed by atoms with van der Waals surface area (Å²) in [4.78, 5) is 25.1. The molecule has 0 amide bonds. The van der Waals surface area contributed by atoms with Crippen molar-refractivity contribution in [1.29, 1.82) is 0 Å². The summed E-state index contributed by atoms with van der Waals surface area (Å²) in [6.07, 6.45) is 19.6. The van der Waals surface area contributed by atoms with E-state index in [1.54, 1.807) is 0 Å². The second-order valence-corrected chi connectivity index (χ2v) is 12.3. The van der Waals surface area contributed by atoms with Gasteiger partial charge in [0.1, 0.15) is 11.9 Å². The molecule has 4 aliphatic rings. The van der Waals surface area contributed by atoms with Crippen molar-refractivity contribution < 1.29 is 14.3 Å². The lowest BCUT2D eigenvalue weighted by molar-refractivity contribution is -0.162. The van der Waals surface area contributed by atoms with E-state index in [1.807, 2.05) is 0 Å². The molecule has 0 bridgehead atoms. The maximum Gasteiger partial charge on any atom is 0.306 e. The molecule has 4 fully saturated rings. The molecule has 0 aromatic rings. The van der Waals surface area contributed by atoms with Crippen molar-refractivity contribution in [3.05, 3.63) is 0 Å². The van der Waals surface area contributed by atoms with E-state index in [0.29, 0.717) is 29.5 Å². The normalized spacial score (nSPS) is 41.0. The highest BCUT2D eigenvalue weighted by molar-refractivity contribution is 5.87. The van der Waals surface area contributed by atoms with Gasteiger partial charge in [-0.15, -0.1) is 0 Å². The number of carbonyl (C=O) groups excluding carboxylic acids is 2. The van der Waals surface area contributed by atoms with E-state index >= 15 is 0 Å². The molecule has 4 aliphatic carbocycles. The zero-order chi connectivity index (χ0) is 22.8. The van der Waals surface area contributed by atoms with Crippen molar-refractivity contribution >= 4 is 11.8 Å². The fourth-order valence-electron chi connectivity index (χ4n) is 8.57. The molecule has 7 atom stereocenters. The smallest absolute Gasteiger partial charge is 0.306 e. The quantitative estimate of drug-likeness (QED) is 0.271. The van der Waals surface area contributed by atoms with Gasteiger partial charge < -0.3 is 4.74 Å². The number of esters is 1. The second-order valence-electron chi connectivity index (χ2n) is 12.3. The summed E-state index contributed by atoms with van der Waals surface area (Å²) in [6, 6.07) is 0.